The number of nitrogens with zero attached hydrogens (tertiary/aromatic N) is 3. The number of hydrogen-bond acceptors (Lipinski definition) is 3. The third-order valence-corrected chi connectivity index (χ3v) is 5.93. The predicted octanol–water partition coefficient (Wildman–Crippen LogP) is 7.28. The fourth-order valence-electron chi connectivity index (χ4n) is 4.51. The molecule has 156 valence electrons. The molecule has 0 unspecified atom stereocenters. The molecule has 0 bridgehead atoms. The van der Waals surface area contributed by atoms with E-state index in [1.165, 1.54) is 0 Å². The Bertz CT molecular complexity index is 1600. The Morgan fingerprint density at radius 2 is 1.53 bits per heavy atom. The van der Waals surface area contributed by atoms with Crippen LogP contribution in [0.2, 0.25) is 0 Å². The van der Waals surface area contributed by atoms with Gasteiger partial charge in [-0.15, -0.1) is 0 Å². The number of pyridine rings is 1. The summed E-state index contributed by atoms with van der Waals surface area (Å²) < 4.78 is 8.58. The fourth-order valence-corrected chi connectivity index (χ4v) is 4.51. The van der Waals surface area contributed by atoms with E-state index in [0.717, 1.165) is 55.7 Å². The number of rotatable bonds is 2. The van der Waals surface area contributed by atoms with E-state index in [2.05, 4.69) is 73.9 Å². The smallest absolute Gasteiger partial charge is 0.149 e. The first-order chi connectivity index (χ1) is 15.5. The van der Waals surface area contributed by atoms with Gasteiger partial charge in [0.05, 0.1) is 22.3 Å². The summed E-state index contributed by atoms with van der Waals surface area (Å²) in [6.07, 6.45) is 1.86. The number of imidazole rings is 1. The lowest BCUT2D eigenvalue weighted by Crippen LogP contribution is -2.15. The Hall–Kier alpha value is -3.92. The monoisotopic (exact) mass is 417 g/mol. The van der Waals surface area contributed by atoms with Crippen LogP contribution < -0.4 is 0 Å². The molecule has 4 heteroatoms. The maximum Gasteiger partial charge on any atom is 0.149 e. The minimum atomic E-state index is -0.130. The van der Waals surface area contributed by atoms with Gasteiger partial charge < -0.3 is 4.42 Å². The van der Waals surface area contributed by atoms with Crippen LogP contribution in [0.4, 0.5) is 0 Å². The standard InChI is InChI=1S/C28H23N3O/c1-28(2,3)26-24-22(16-17-29-26)30-27(31(24)18-10-5-4-6-11-18)21-14-9-13-20-19-12-7-8-15-23(19)32-25(20)21/h4-17H,1-3H3. The van der Waals surface area contributed by atoms with Gasteiger partial charge in [0.2, 0.25) is 0 Å². The average molecular weight is 418 g/mol. The summed E-state index contributed by atoms with van der Waals surface area (Å²) >= 11 is 0. The first-order valence-corrected chi connectivity index (χ1v) is 10.9. The molecular formula is C28H23N3O. The van der Waals surface area contributed by atoms with Crippen molar-refractivity contribution in [1.82, 2.24) is 14.5 Å². The van der Waals surface area contributed by atoms with Gasteiger partial charge in [0.1, 0.15) is 17.0 Å². The van der Waals surface area contributed by atoms with E-state index in [1.54, 1.807) is 0 Å². The Kier molecular flexibility index (Phi) is 3.99. The molecule has 3 aromatic carbocycles. The normalized spacial score (nSPS) is 12.2. The predicted molar refractivity (Wildman–Crippen MR) is 130 cm³/mol. The topological polar surface area (TPSA) is 43.9 Å². The van der Waals surface area contributed by atoms with Crippen LogP contribution in [-0.4, -0.2) is 14.5 Å². The summed E-state index contributed by atoms with van der Waals surface area (Å²) in [5, 5.41) is 2.21. The second kappa shape index (κ2) is 6.79. The third-order valence-electron chi connectivity index (χ3n) is 5.93. The van der Waals surface area contributed by atoms with E-state index in [4.69, 9.17) is 14.4 Å². The highest BCUT2D eigenvalue weighted by atomic mass is 16.3. The maximum absolute atomic E-state index is 6.35. The average Bonchev–Trinajstić information content (AvgIpc) is 3.37. The Labute approximate surface area is 186 Å². The molecule has 0 amide bonds. The quantitative estimate of drug-likeness (QED) is 0.297. The van der Waals surface area contributed by atoms with Gasteiger partial charge >= 0.3 is 0 Å². The third kappa shape index (κ3) is 2.76. The van der Waals surface area contributed by atoms with Crippen molar-refractivity contribution in [3.63, 3.8) is 0 Å². The number of furan rings is 1. The maximum atomic E-state index is 6.35. The van der Waals surface area contributed by atoms with E-state index in [9.17, 15) is 0 Å². The number of fused-ring (bicyclic) bond motifs is 4. The van der Waals surface area contributed by atoms with Crippen LogP contribution in [0.1, 0.15) is 26.5 Å². The van der Waals surface area contributed by atoms with Crippen LogP contribution in [0.3, 0.4) is 0 Å². The molecule has 6 rings (SSSR count). The summed E-state index contributed by atoms with van der Waals surface area (Å²) in [6.45, 7) is 6.57. The van der Waals surface area contributed by atoms with Crippen LogP contribution in [0.5, 0.6) is 0 Å². The minimum absolute atomic E-state index is 0.130. The molecule has 6 aromatic rings. The van der Waals surface area contributed by atoms with Crippen LogP contribution >= 0.6 is 0 Å². The van der Waals surface area contributed by atoms with Crippen molar-refractivity contribution in [3.05, 3.63) is 90.8 Å². The molecule has 0 radical (unpaired) electrons. The molecule has 0 fully saturated rings. The minimum Gasteiger partial charge on any atom is -0.455 e. The molecule has 0 atom stereocenters. The van der Waals surface area contributed by atoms with Gasteiger partial charge in [0, 0.05) is 28.1 Å². The van der Waals surface area contributed by atoms with Gasteiger partial charge in [0.15, 0.2) is 0 Å². The van der Waals surface area contributed by atoms with Gasteiger partial charge in [-0.25, -0.2) is 4.98 Å². The van der Waals surface area contributed by atoms with Crippen LogP contribution in [0.25, 0.3) is 50.0 Å². The summed E-state index contributed by atoms with van der Waals surface area (Å²) in [5.41, 5.74) is 6.62. The molecule has 0 saturated carbocycles. The first kappa shape index (κ1) is 18.8. The van der Waals surface area contributed by atoms with Crippen molar-refractivity contribution < 1.29 is 4.42 Å². The number of hydrogen-bond donors (Lipinski definition) is 0. The summed E-state index contributed by atoms with van der Waals surface area (Å²) in [6, 6.07) is 26.8. The molecule has 3 heterocycles. The van der Waals surface area contributed by atoms with Crippen molar-refractivity contribution in [1.29, 1.82) is 0 Å². The highest BCUT2D eigenvalue weighted by Gasteiger charge is 2.26. The van der Waals surface area contributed by atoms with Gasteiger partial charge in [-0.2, -0.15) is 0 Å². The molecule has 32 heavy (non-hydrogen) atoms. The Morgan fingerprint density at radius 3 is 2.34 bits per heavy atom. The van der Waals surface area contributed by atoms with Crippen molar-refractivity contribution in [2.24, 2.45) is 0 Å². The van der Waals surface area contributed by atoms with E-state index in [1.807, 2.05) is 36.5 Å². The van der Waals surface area contributed by atoms with E-state index in [-0.39, 0.29) is 5.41 Å². The lowest BCUT2D eigenvalue weighted by Gasteiger charge is -2.20. The van der Waals surface area contributed by atoms with E-state index >= 15 is 0 Å². The van der Waals surface area contributed by atoms with Crippen LogP contribution in [-0.2, 0) is 5.41 Å². The Balaban J connectivity index is 1.77. The van der Waals surface area contributed by atoms with Crippen LogP contribution in [0, 0.1) is 0 Å². The number of benzene rings is 3. The zero-order valence-corrected chi connectivity index (χ0v) is 18.3. The number of aromatic nitrogens is 3. The van der Waals surface area contributed by atoms with E-state index < -0.39 is 0 Å². The number of para-hydroxylation sites is 3. The summed E-state index contributed by atoms with van der Waals surface area (Å²) in [5.74, 6) is 0.856. The zero-order chi connectivity index (χ0) is 21.9. The van der Waals surface area contributed by atoms with Gasteiger partial charge in [-0.3, -0.25) is 9.55 Å². The molecule has 0 aliphatic heterocycles. The fraction of sp³-hybridized carbons (Fsp3) is 0.143. The molecule has 0 N–H and O–H groups in total. The van der Waals surface area contributed by atoms with Gasteiger partial charge in [-0.1, -0.05) is 69.3 Å². The zero-order valence-electron chi connectivity index (χ0n) is 18.3. The van der Waals surface area contributed by atoms with Crippen LogP contribution in [0.15, 0.2) is 89.5 Å². The van der Waals surface area contributed by atoms with Crippen molar-refractivity contribution in [2.75, 3.05) is 0 Å². The van der Waals surface area contributed by atoms with Crippen molar-refractivity contribution in [2.45, 2.75) is 26.2 Å². The molecule has 0 aliphatic carbocycles. The molecule has 3 aromatic heterocycles. The summed E-state index contributed by atoms with van der Waals surface area (Å²) in [4.78, 5) is 9.90. The lowest BCUT2D eigenvalue weighted by molar-refractivity contribution is 0.573. The highest BCUT2D eigenvalue weighted by Crippen LogP contribution is 2.39. The highest BCUT2D eigenvalue weighted by molar-refractivity contribution is 6.09. The Morgan fingerprint density at radius 1 is 0.781 bits per heavy atom. The molecular weight excluding hydrogens is 394 g/mol. The first-order valence-electron chi connectivity index (χ1n) is 10.9. The van der Waals surface area contributed by atoms with E-state index in [0.29, 0.717) is 0 Å². The largest absolute Gasteiger partial charge is 0.455 e. The second-order valence-electron chi connectivity index (χ2n) is 9.16. The second-order valence-corrected chi connectivity index (χ2v) is 9.16. The molecule has 0 aliphatic rings. The van der Waals surface area contributed by atoms with Crippen molar-refractivity contribution >= 4 is 33.0 Å². The van der Waals surface area contributed by atoms with Crippen molar-refractivity contribution in [3.8, 4) is 17.1 Å². The molecule has 0 spiro atoms. The van der Waals surface area contributed by atoms with Gasteiger partial charge in [-0.05, 0) is 30.3 Å². The lowest BCUT2D eigenvalue weighted by atomic mass is 9.90. The molecule has 0 saturated heterocycles. The van der Waals surface area contributed by atoms with Gasteiger partial charge in [0.25, 0.3) is 0 Å². The summed E-state index contributed by atoms with van der Waals surface area (Å²) in [7, 11) is 0. The SMILES string of the molecule is CC(C)(C)c1nccc2nc(-c3cccc4c3oc3ccccc34)n(-c3ccccc3)c12. The molecule has 4 nitrogen and oxygen atoms in total.